The summed E-state index contributed by atoms with van der Waals surface area (Å²) in [4.78, 5) is 28.1. The molecule has 0 amide bonds. The Hall–Kier alpha value is -3.03. The van der Waals surface area contributed by atoms with Crippen LogP contribution in [0.25, 0.3) is 0 Å². The highest BCUT2D eigenvalue weighted by Gasteiger charge is 2.34. The van der Waals surface area contributed by atoms with E-state index in [1.165, 1.54) is 0 Å². The molecule has 1 fully saturated rings. The molecule has 1 aromatic carbocycles. The van der Waals surface area contributed by atoms with Crippen molar-refractivity contribution in [1.29, 1.82) is 0 Å². The Morgan fingerprint density at radius 3 is 2.65 bits per heavy atom. The number of piperidine rings is 1. The molecule has 1 aliphatic heterocycles. The summed E-state index contributed by atoms with van der Waals surface area (Å²) in [5, 5.41) is 11.5. The molecule has 0 aliphatic carbocycles. The molecule has 34 heavy (non-hydrogen) atoms. The molecule has 8 heteroatoms. The Bertz CT molecular complexity index is 1200. The van der Waals surface area contributed by atoms with Crippen molar-refractivity contribution in [3.05, 3.63) is 86.7 Å². The molecule has 3 aromatic rings. The highest BCUT2D eigenvalue weighted by Crippen LogP contribution is 2.36. The lowest BCUT2D eigenvalue weighted by Gasteiger charge is -2.37. The number of rotatable bonds is 7. The zero-order valence-electron chi connectivity index (χ0n) is 19.4. The predicted octanol–water partition coefficient (Wildman–Crippen LogP) is 4.52. The summed E-state index contributed by atoms with van der Waals surface area (Å²) >= 11 is 6.31. The van der Waals surface area contributed by atoms with E-state index in [1.807, 2.05) is 24.3 Å². The number of likely N-dealkylation sites (tertiary alicyclic amines) is 1. The quantitative estimate of drug-likeness (QED) is 0.496. The SMILES string of the molecule is CCOC(=O)C1CCN([C@H](c2cccc(Cl)c2)c2c(O)cc(C)n(Cc3ccco3)c2=O)CC1. The number of aromatic hydroxyl groups is 1. The Morgan fingerprint density at radius 2 is 2.00 bits per heavy atom. The minimum Gasteiger partial charge on any atom is -0.507 e. The third-order valence-corrected chi connectivity index (χ3v) is 6.60. The van der Waals surface area contributed by atoms with Gasteiger partial charge in [0.1, 0.15) is 11.5 Å². The van der Waals surface area contributed by atoms with Gasteiger partial charge in [-0.15, -0.1) is 0 Å². The summed E-state index contributed by atoms with van der Waals surface area (Å²) in [6.07, 6.45) is 2.80. The number of hydrogen-bond acceptors (Lipinski definition) is 6. The van der Waals surface area contributed by atoms with Crippen molar-refractivity contribution in [3.63, 3.8) is 0 Å². The van der Waals surface area contributed by atoms with Crippen molar-refractivity contribution in [2.24, 2.45) is 5.92 Å². The van der Waals surface area contributed by atoms with Gasteiger partial charge in [0.25, 0.3) is 5.56 Å². The molecule has 0 saturated carbocycles. The number of hydrogen-bond donors (Lipinski definition) is 1. The number of furan rings is 1. The molecule has 4 rings (SSSR count). The first-order chi connectivity index (χ1) is 16.4. The maximum atomic E-state index is 13.8. The van der Waals surface area contributed by atoms with Crippen LogP contribution in [0.1, 0.15) is 48.4 Å². The maximum absolute atomic E-state index is 13.8. The monoisotopic (exact) mass is 484 g/mol. The largest absolute Gasteiger partial charge is 0.507 e. The fourth-order valence-electron chi connectivity index (χ4n) is 4.67. The van der Waals surface area contributed by atoms with Gasteiger partial charge in [0, 0.05) is 10.7 Å². The molecular weight excluding hydrogens is 456 g/mol. The first kappa shape index (κ1) is 24.1. The Balaban J connectivity index is 1.75. The fourth-order valence-corrected chi connectivity index (χ4v) is 4.87. The van der Waals surface area contributed by atoms with Crippen molar-refractivity contribution < 1.29 is 19.1 Å². The standard InChI is InChI=1S/C26H29ClN2O5/c1-3-33-26(32)18-9-11-28(12-10-18)24(19-6-4-7-20(27)15-19)23-22(30)14-17(2)29(25(23)31)16-21-8-5-13-34-21/h4-8,13-15,18,24,30H,3,9-12,16H2,1-2H3/t24-/m1/s1. The Labute approximate surface area is 203 Å². The van der Waals surface area contributed by atoms with E-state index in [0.717, 1.165) is 5.56 Å². The molecule has 2 aromatic heterocycles. The first-order valence-corrected chi connectivity index (χ1v) is 11.9. The van der Waals surface area contributed by atoms with Crippen molar-refractivity contribution in [1.82, 2.24) is 9.47 Å². The van der Waals surface area contributed by atoms with Gasteiger partial charge < -0.3 is 18.8 Å². The number of pyridine rings is 1. The van der Waals surface area contributed by atoms with Crippen LogP contribution in [0.3, 0.4) is 0 Å². The number of ether oxygens (including phenoxy) is 1. The summed E-state index contributed by atoms with van der Waals surface area (Å²) in [6, 6.07) is 12.0. The van der Waals surface area contributed by atoms with Crippen LogP contribution in [0.15, 0.2) is 57.9 Å². The third-order valence-electron chi connectivity index (χ3n) is 6.37. The number of esters is 1. The molecule has 7 nitrogen and oxygen atoms in total. The van der Waals surface area contributed by atoms with E-state index in [1.54, 1.807) is 42.9 Å². The van der Waals surface area contributed by atoms with Crippen LogP contribution in [-0.2, 0) is 16.1 Å². The number of nitrogens with zero attached hydrogens (tertiary/aromatic N) is 2. The molecule has 1 aliphatic rings. The first-order valence-electron chi connectivity index (χ1n) is 11.5. The van der Waals surface area contributed by atoms with Gasteiger partial charge in [0.05, 0.1) is 36.9 Å². The minimum atomic E-state index is -0.516. The van der Waals surface area contributed by atoms with Crippen LogP contribution in [0.4, 0.5) is 0 Å². The lowest BCUT2D eigenvalue weighted by atomic mass is 9.91. The molecular formula is C26H29ClN2O5. The topological polar surface area (TPSA) is 84.9 Å². The van der Waals surface area contributed by atoms with Crippen LogP contribution >= 0.6 is 11.6 Å². The molecule has 3 heterocycles. The van der Waals surface area contributed by atoms with Crippen LogP contribution in [0, 0.1) is 12.8 Å². The van der Waals surface area contributed by atoms with Crippen molar-refractivity contribution in [3.8, 4) is 5.75 Å². The van der Waals surface area contributed by atoms with Crippen molar-refractivity contribution in [2.45, 2.75) is 39.3 Å². The van der Waals surface area contributed by atoms with E-state index >= 15 is 0 Å². The minimum absolute atomic E-state index is 0.0595. The van der Waals surface area contributed by atoms with E-state index < -0.39 is 6.04 Å². The number of aryl methyl sites for hydroxylation is 1. The van der Waals surface area contributed by atoms with E-state index in [4.69, 9.17) is 20.8 Å². The normalized spacial score (nSPS) is 15.9. The Kier molecular flexibility index (Phi) is 7.44. The van der Waals surface area contributed by atoms with Gasteiger partial charge in [-0.2, -0.15) is 0 Å². The zero-order valence-corrected chi connectivity index (χ0v) is 20.1. The molecule has 0 radical (unpaired) electrons. The third kappa shape index (κ3) is 5.05. The van der Waals surface area contributed by atoms with Crippen LogP contribution in [0.2, 0.25) is 5.02 Å². The molecule has 0 bridgehead atoms. The molecule has 0 spiro atoms. The Morgan fingerprint density at radius 1 is 1.24 bits per heavy atom. The number of carbonyl (C=O) groups is 1. The van der Waals surface area contributed by atoms with E-state index in [2.05, 4.69) is 4.90 Å². The summed E-state index contributed by atoms with van der Waals surface area (Å²) in [7, 11) is 0. The molecule has 1 N–H and O–H groups in total. The molecule has 1 saturated heterocycles. The van der Waals surface area contributed by atoms with Crippen LogP contribution in [-0.4, -0.2) is 40.2 Å². The number of halogens is 1. The average Bonchev–Trinajstić information content (AvgIpc) is 3.33. The second-order valence-electron chi connectivity index (χ2n) is 8.58. The zero-order chi connectivity index (χ0) is 24.2. The lowest BCUT2D eigenvalue weighted by Crippen LogP contribution is -2.42. The fraction of sp³-hybridized carbons (Fsp3) is 0.385. The molecule has 0 unspecified atom stereocenters. The van der Waals surface area contributed by atoms with Crippen molar-refractivity contribution >= 4 is 17.6 Å². The second kappa shape index (κ2) is 10.5. The molecule has 1 atom stereocenters. The number of aromatic nitrogens is 1. The average molecular weight is 485 g/mol. The molecule has 180 valence electrons. The summed E-state index contributed by atoms with van der Waals surface area (Å²) in [5.74, 6) is 0.242. The van der Waals surface area contributed by atoms with Gasteiger partial charge in [-0.25, -0.2) is 0 Å². The lowest BCUT2D eigenvalue weighted by molar-refractivity contribution is -0.149. The van der Waals surface area contributed by atoms with Gasteiger partial charge >= 0.3 is 5.97 Å². The van der Waals surface area contributed by atoms with Crippen LogP contribution in [0.5, 0.6) is 5.75 Å². The van der Waals surface area contributed by atoms with Crippen molar-refractivity contribution in [2.75, 3.05) is 19.7 Å². The summed E-state index contributed by atoms with van der Waals surface area (Å²) in [5.41, 5.74) is 1.44. The van der Waals surface area contributed by atoms with Gasteiger partial charge in [-0.05, 0) is 75.7 Å². The van der Waals surface area contributed by atoms with E-state index in [9.17, 15) is 14.7 Å². The van der Waals surface area contributed by atoms with Gasteiger partial charge in [0.15, 0.2) is 0 Å². The van der Waals surface area contributed by atoms with E-state index in [-0.39, 0.29) is 35.3 Å². The number of benzene rings is 1. The van der Waals surface area contributed by atoms with Gasteiger partial charge in [0.2, 0.25) is 0 Å². The highest BCUT2D eigenvalue weighted by atomic mass is 35.5. The second-order valence-corrected chi connectivity index (χ2v) is 9.01. The smallest absolute Gasteiger partial charge is 0.309 e. The summed E-state index contributed by atoms with van der Waals surface area (Å²) in [6.45, 7) is 5.36. The van der Waals surface area contributed by atoms with E-state index in [0.29, 0.717) is 49.0 Å². The number of carbonyl (C=O) groups excluding carboxylic acids is 1. The highest BCUT2D eigenvalue weighted by molar-refractivity contribution is 6.30. The maximum Gasteiger partial charge on any atom is 0.309 e. The van der Waals surface area contributed by atoms with Gasteiger partial charge in [-0.3, -0.25) is 14.5 Å². The van der Waals surface area contributed by atoms with Crippen LogP contribution < -0.4 is 5.56 Å². The summed E-state index contributed by atoms with van der Waals surface area (Å²) < 4.78 is 12.3. The predicted molar refractivity (Wildman–Crippen MR) is 129 cm³/mol. The van der Waals surface area contributed by atoms with Gasteiger partial charge in [-0.1, -0.05) is 23.7 Å².